The predicted molar refractivity (Wildman–Crippen MR) is 140 cm³/mol. The van der Waals surface area contributed by atoms with Crippen molar-refractivity contribution in [2.24, 2.45) is 0 Å². The maximum atomic E-state index is 13.7. The van der Waals surface area contributed by atoms with Crippen LogP contribution in [0.1, 0.15) is 75.8 Å². The molecule has 5 atom stereocenters. The number of methoxy groups -OCH3 is 1. The SMILES string of the molecule is COc1cccc2c1C(=O)c1c(O)c3c(c(O)c1C2=O)C=C(C(C)=O)C[C@@H]3O[C@H]1C[C@H](NC(=O)C(F)(F)F)[C@H](O)[C@H](C)O1. The lowest BCUT2D eigenvalue weighted by atomic mass is 9.77. The summed E-state index contributed by atoms with van der Waals surface area (Å²) in [5.74, 6) is -5.67. The molecule has 11 nitrogen and oxygen atoms in total. The first-order valence-corrected chi connectivity index (χ1v) is 13.1. The lowest BCUT2D eigenvalue weighted by Gasteiger charge is -2.40. The molecule has 2 aromatic rings. The van der Waals surface area contributed by atoms with Gasteiger partial charge in [0, 0.05) is 29.5 Å². The van der Waals surface area contributed by atoms with Gasteiger partial charge < -0.3 is 34.8 Å². The quantitative estimate of drug-likeness (QED) is 0.318. The number of aromatic hydroxyl groups is 2. The molecule has 3 aliphatic rings. The van der Waals surface area contributed by atoms with Crippen LogP contribution >= 0.6 is 0 Å². The molecule has 14 heteroatoms. The number of rotatable bonds is 5. The molecule has 5 rings (SSSR count). The van der Waals surface area contributed by atoms with E-state index >= 15 is 0 Å². The van der Waals surface area contributed by atoms with E-state index in [1.54, 1.807) is 5.32 Å². The highest BCUT2D eigenvalue weighted by Crippen LogP contribution is 2.51. The number of ether oxygens (including phenoxy) is 3. The van der Waals surface area contributed by atoms with Crippen molar-refractivity contribution in [1.82, 2.24) is 5.32 Å². The zero-order chi connectivity index (χ0) is 31.5. The van der Waals surface area contributed by atoms with Crippen molar-refractivity contribution in [1.29, 1.82) is 0 Å². The molecule has 2 aliphatic carbocycles. The van der Waals surface area contributed by atoms with E-state index in [0.29, 0.717) is 0 Å². The van der Waals surface area contributed by atoms with Gasteiger partial charge in [0.25, 0.3) is 0 Å². The molecule has 1 amide bonds. The van der Waals surface area contributed by atoms with Crippen LogP contribution in [0, 0.1) is 0 Å². The van der Waals surface area contributed by atoms with Crippen LogP contribution in [0.25, 0.3) is 6.08 Å². The van der Waals surface area contributed by atoms with Gasteiger partial charge in [-0.05, 0) is 31.6 Å². The van der Waals surface area contributed by atoms with Gasteiger partial charge in [0.15, 0.2) is 17.9 Å². The van der Waals surface area contributed by atoms with Gasteiger partial charge in [0.1, 0.15) is 23.4 Å². The molecule has 228 valence electrons. The number of carbonyl (C=O) groups excluding carboxylic acids is 4. The second kappa shape index (κ2) is 10.8. The summed E-state index contributed by atoms with van der Waals surface area (Å²) in [7, 11) is 1.29. The van der Waals surface area contributed by atoms with Crippen LogP contribution in [0.4, 0.5) is 13.2 Å². The van der Waals surface area contributed by atoms with E-state index < -0.39 is 89.1 Å². The molecular formula is C29H26F3NO10. The molecule has 43 heavy (non-hydrogen) atoms. The predicted octanol–water partition coefficient (Wildman–Crippen LogP) is 2.86. The van der Waals surface area contributed by atoms with E-state index in [4.69, 9.17) is 14.2 Å². The number of aliphatic hydroxyl groups excluding tert-OH is 1. The van der Waals surface area contributed by atoms with E-state index in [0.717, 1.165) is 0 Å². The Morgan fingerprint density at radius 2 is 1.74 bits per heavy atom. The minimum atomic E-state index is -5.21. The number of carbonyl (C=O) groups is 4. The van der Waals surface area contributed by atoms with E-state index in [-0.39, 0.29) is 40.0 Å². The highest BCUT2D eigenvalue weighted by molar-refractivity contribution is 6.31. The minimum Gasteiger partial charge on any atom is -0.507 e. The van der Waals surface area contributed by atoms with Gasteiger partial charge in [-0.25, -0.2) is 0 Å². The molecule has 1 saturated heterocycles. The average molecular weight is 606 g/mol. The highest BCUT2D eigenvalue weighted by atomic mass is 19.4. The number of alkyl halides is 3. The fourth-order valence-corrected chi connectivity index (χ4v) is 5.67. The fourth-order valence-electron chi connectivity index (χ4n) is 5.67. The molecule has 0 aromatic heterocycles. The first kappa shape index (κ1) is 30.2. The third kappa shape index (κ3) is 5.04. The lowest BCUT2D eigenvalue weighted by molar-refractivity contribution is -0.244. The number of phenols is 2. The van der Waals surface area contributed by atoms with Crippen molar-refractivity contribution >= 4 is 29.3 Å². The second-order valence-electron chi connectivity index (χ2n) is 10.4. The minimum absolute atomic E-state index is 0.0553. The summed E-state index contributed by atoms with van der Waals surface area (Å²) in [6, 6.07) is 2.85. The monoisotopic (exact) mass is 605 g/mol. The molecule has 4 N–H and O–H groups in total. The molecular weight excluding hydrogens is 579 g/mol. The normalized spacial score (nSPS) is 24.8. The molecule has 2 aromatic carbocycles. The lowest BCUT2D eigenvalue weighted by Crippen LogP contribution is -2.57. The van der Waals surface area contributed by atoms with E-state index in [1.807, 2.05) is 0 Å². The maximum absolute atomic E-state index is 13.7. The topological polar surface area (TPSA) is 169 Å². The molecule has 1 fully saturated rings. The summed E-state index contributed by atoms with van der Waals surface area (Å²) in [5.41, 5.74) is -1.43. The number of hydrogen-bond donors (Lipinski definition) is 4. The van der Waals surface area contributed by atoms with Crippen molar-refractivity contribution in [2.45, 2.75) is 63.5 Å². The summed E-state index contributed by atoms with van der Waals surface area (Å²) < 4.78 is 55.6. The molecule has 0 unspecified atom stereocenters. The third-order valence-electron chi connectivity index (χ3n) is 7.79. The average Bonchev–Trinajstić information content (AvgIpc) is 2.94. The smallest absolute Gasteiger partial charge is 0.471 e. The van der Waals surface area contributed by atoms with Crippen LogP contribution < -0.4 is 10.1 Å². The molecule has 0 spiro atoms. The molecule has 0 radical (unpaired) electrons. The number of fused-ring (bicyclic) bond motifs is 3. The Morgan fingerprint density at radius 3 is 2.37 bits per heavy atom. The van der Waals surface area contributed by atoms with Crippen molar-refractivity contribution in [3.05, 3.63) is 57.2 Å². The first-order valence-electron chi connectivity index (χ1n) is 13.1. The largest absolute Gasteiger partial charge is 0.507 e. The summed E-state index contributed by atoms with van der Waals surface area (Å²) in [5, 5.41) is 34.9. The van der Waals surface area contributed by atoms with Crippen molar-refractivity contribution in [2.75, 3.05) is 7.11 Å². The van der Waals surface area contributed by atoms with Crippen LogP contribution in [0.2, 0.25) is 0 Å². The second-order valence-corrected chi connectivity index (χ2v) is 10.4. The number of amides is 1. The third-order valence-corrected chi connectivity index (χ3v) is 7.79. The number of phenolic OH excluding ortho intramolecular Hbond substituents is 2. The summed E-state index contributed by atoms with van der Waals surface area (Å²) in [6.45, 7) is 2.58. The van der Waals surface area contributed by atoms with Crippen molar-refractivity contribution < 1.29 is 61.9 Å². The number of Topliss-reactive ketones (excluding diaryl/α,β-unsaturated/α-hetero) is 1. The standard InChI is InChI=1S/C29H26F3NO10/c1-10(34)12-7-14-20(17(8-12)43-18-9-15(23(35)11(2)42-18)33-28(40)29(30,31)32)27(39)22-21(25(14)37)24(36)13-5-4-6-16(41-3)19(13)26(22)38/h4-7,11,15,17-18,23,35,37,39H,8-9H2,1-3H3,(H,33,40)/t11-,15-,17-,18-,23+/m0/s1. The number of aliphatic hydroxyl groups is 1. The Labute approximate surface area is 241 Å². The number of nitrogens with one attached hydrogen (secondary N) is 1. The van der Waals surface area contributed by atoms with Crippen LogP contribution in [0.5, 0.6) is 17.2 Å². The van der Waals surface area contributed by atoms with E-state index in [2.05, 4.69) is 0 Å². The van der Waals surface area contributed by atoms with Crippen LogP contribution in [0.3, 0.4) is 0 Å². The Bertz CT molecular complexity index is 1600. The molecule has 0 saturated carbocycles. The van der Waals surface area contributed by atoms with Crippen LogP contribution in [-0.2, 0) is 19.1 Å². The Hall–Kier alpha value is -4.27. The number of hydrogen-bond acceptors (Lipinski definition) is 10. The highest BCUT2D eigenvalue weighted by Gasteiger charge is 2.46. The van der Waals surface area contributed by atoms with Crippen molar-refractivity contribution in [3.63, 3.8) is 0 Å². The fraction of sp³-hybridized carbons (Fsp3) is 0.379. The molecule has 1 aliphatic heterocycles. The van der Waals surface area contributed by atoms with E-state index in [1.165, 1.54) is 45.2 Å². The van der Waals surface area contributed by atoms with Gasteiger partial charge in [-0.1, -0.05) is 12.1 Å². The Kier molecular flexibility index (Phi) is 7.57. The Morgan fingerprint density at radius 1 is 1.07 bits per heavy atom. The summed E-state index contributed by atoms with van der Waals surface area (Å²) in [4.78, 5) is 51.2. The van der Waals surface area contributed by atoms with Crippen LogP contribution in [0.15, 0.2) is 23.8 Å². The zero-order valence-corrected chi connectivity index (χ0v) is 22.9. The first-order chi connectivity index (χ1) is 20.1. The molecule has 1 heterocycles. The van der Waals surface area contributed by atoms with Gasteiger partial charge in [-0.3, -0.25) is 19.2 Å². The number of ketones is 3. The van der Waals surface area contributed by atoms with Gasteiger partial charge in [0.05, 0.1) is 42.0 Å². The van der Waals surface area contributed by atoms with Gasteiger partial charge >= 0.3 is 12.1 Å². The molecule has 0 bridgehead atoms. The summed E-state index contributed by atoms with van der Waals surface area (Å²) >= 11 is 0. The van der Waals surface area contributed by atoms with Gasteiger partial charge in [-0.15, -0.1) is 0 Å². The zero-order valence-electron chi connectivity index (χ0n) is 22.9. The van der Waals surface area contributed by atoms with Gasteiger partial charge in [-0.2, -0.15) is 13.2 Å². The summed E-state index contributed by atoms with van der Waals surface area (Å²) in [6.07, 6.45) is -9.97. The maximum Gasteiger partial charge on any atom is 0.471 e. The van der Waals surface area contributed by atoms with Crippen molar-refractivity contribution in [3.8, 4) is 17.2 Å². The number of halogens is 3. The number of benzene rings is 2. The Balaban J connectivity index is 1.58. The van der Waals surface area contributed by atoms with Gasteiger partial charge in [0.2, 0.25) is 5.78 Å². The van der Waals surface area contributed by atoms with E-state index in [9.17, 15) is 47.7 Å². The van der Waals surface area contributed by atoms with Crippen LogP contribution in [-0.4, -0.2) is 76.4 Å².